The van der Waals surface area contributed by atoms with E-state index in [1.54, 1.807) is 6.20 Å². The summed E-state index contributed by atoms with van der Waals surface area (Å²) in [6.45, 7) is 17.8. The summed E-state index contributed by atoms with van der Waals surface area (Å²) >= 11 is 0. The fourth-order valence-corrected chi connectivity index (χ4v) is 3.72. The summed E-state index contributed by atoms with van der Waals surface area (Å²) in [5.74, 6) is 0. The van der Waals surface area contributed by atoms with Crippen molar-refractivity contribution in [1.29, 1.82) is 0 Å². The Balaban J connectivity index is 2.79. The minimum Gasteiger partial charge on any atom is -0.417 e. The van der Waals surface area contributed by atoms with Gasteiger partial charge in [0.2, 0.25) is 0 Å². The van der Waals surface area contributed by atoms with Crippen LogP contribution in [0.3, 0.4) is 0 Å². The lowest BCUT2D eigenvalue weighted by molar-refractivity contribution is 0.268. The van der Waals surface area contributed by atoms with Gasteiger partial charge in [-0.05, 0) is 57.5 Å². The molecule has 1 heterocycles. The minimum atomic E-state index is -1.77. The lowest BCUT2D eigenvalue weighted by atomic mass is 10.1. The Morgan fingerprint density at radius 2 is 1.83 bits per heavy atom. The molecule has 1 aromatic heterocycles. The zero-order valence-corrected chi connectivity index (χ0v) is 18.3. The normalized spacial score (nSPS) is 16.0. The maximum absolute atomic E-state index is 12.5. The Kier molecular flexibility index (Phi) is 7.35. The van der Waals surface area contributed by atoms with Crippen LogP contribution in [0, 0.1) is 0 Å². The molecule has 0 radical (unpaired) electrons. The van der Waals surface area contributed by atoms with Crippen molar-refractivity contribution in [1.82, 2.24) is 9.71 Å². The summed E-state index contributed by atoms with van der Waals surface area (Å²) in [5.41, 5.74) is 0.911. The lowest BCUT2D eigenvalue weighted by Crippen LogP contribution is -2.42. The highest BCUT2D eigenvalue weighted by Gasteiger charge is 2.37. The predicted molar refractivity (Wildman–Crippen MR) is 106 cm³/mol. The summed E-state index contributed by atoms with van der Waals surface area (Å²) < 4.78 is 21.7. The van der Waals surface area contributed by atoms with E-state index in [-0.39, 0.29) is 15.8 Å². The van der Waals surface area contributed by atoms with Crippen LogP contribution in [-0.2, 0) is 15.4 Å². The van der Waals surface area contributed by atoms with Crippen molar-refractivity contribution in [2.24, 2.45) is 0 Å². The molecule has 4 nitrogen and oxygen atoms in total. The van der Waals surface area contributed by atoms with Crippen molar-refractivity contribution < 1.29 is 8.63 Å². The summed E-state index contributed by atoms with van der Waals surface area (Å²) in [5, 5.41) is 0.190. The van der Waals surface area contributed by atoms with Crippen molar-refractivity contribution in [3.8, 4) is 0 Å². The van der Waals surface area contributed by atoms with Crippen molar-refractivity contribution >= 4 is 19.3 Å². The van der Waals surface area contributed by atoms with E-state index in [0.29, 0.717) is 6.61 Å². The fourth-order valence-electron chi connectivity index (χ4n) is 1.80. The molecule has 2 atom stereocenters. The van der Waals surface area contributed by atoms with E-state index in [1.165, 1.54) is 0 Å². The monoisotopic (exact) mass is 370 g/mol. The number of pyridine rings is 1. The van der Waals surface area contributed by atoms with Crippen LogP contribution in [0.15, 0.2) is 24.4 Å². The maximum atomic E-state index is 12.5. The van der Waals surface area contributed by atoms with Crippen molar-refractivity contribution in [2.45, 2.75) is 76.9 Å². The molecule has 0 amide bonds. The van der Waals surface area contributed by atoms with Gasteiger partial charge in [-0.25, -0.2) is 8.93 Å². The van der Waals surface area contributed by atoms with Crippen molar-refractivity contribution in [3.05, 3.63) is 30.1 Å². The average molecular weight is 371 g/mol. The molecule has 1 N–H and O–H groups in total. The van der Waals surface area contributed by atoms with Gasteiger partial charge < -0.3 is 4.43 Å². The van der Waals surface area contributed by atoms with Crippen LogP contribution in [0.1, 0.15) is 59.7 Å². The topological polar surface area (TPSA) is 51.2 Å². The third-order valence-electron chi connectivity index (χ3n) is 4.53. The number of hydrogen-bond donors (Lipinski definition) is 1. The Bertz CT molecular complexity index is 536. The van der Waals surface area contributed by atoms with Gasteiger partial charge in [0.05, 0.1) is 27.5 Å². The van der Waals surface area contributed by atoms with E-state index in [2.05, 4.69) is 43.6 Å². The molecule has 0 fully saturated rings. The van der Waals surface area contributed by atoms with Gasteiger partial charge in [0, 0.05) is 12.8 Å². The van der Waals surface area contributed by atoms with Crippen LogP contribution in [0.4, 0.5) is 0 Å². The van der Waals surface area contributed by atoms with E-state index in [4.69, 9.17) is 4.43 Å². The molecular weight excluding hydrogens is 336 g/mol. The van der Waals surface area contributed by atoms with Gasteiger partial charge in [0.15, 0.2) is 8.32 Å². The average Bonchev–Trinajstić information content (AvgIpc) is 2.44. The van der Waals surface area contributed by atoms with Gasteiger partial charge in [0.1, 0.15) is 0 Å². The lowest BCUT2D eigenvalue weighted by Gasteiger charge is -2.36. The Labute approximate surface area is 151 Å². The maximum Gasteiger partial charge on any atom is 0.191 e. The highest BCUT2D eigenvalue weighted by Crippen LogP contribution is 2.36. The SMILES string of the molecule is CC(C)(C)S(=O)N[C@@H](CCO[Si](C)(C)C(C)(C)C)c1ccccn1. The number of nitrogens with zero attached hydrogens (tertiary/aromatic N) is 1. The standard InChI is InChI=1S/C18H34N2O2SSi/c1-17(2,3)23(21)20-16(15-11-9-10-13-19-15)12-14-22-24(7,8)18(4,5)6/h9-11,13,16,20H,12,14H2,1-8H3/t16-,23?/m0/s1. The smallest absolute Gasteiger partial charge is 0.191 e. The number of rotatable bonds is 7. The first-order chi connectivity index (χ1) is 10.8. The molecule has 6 heteroatoms. The van der Waals surface area contributed by atoms with E-state index in [1.807, 2.05) is 39.0 Å². The Morgan fingerprint density at radius 3 is 2.29 bits per heavy atom. The molecular formula is C18H34N2O2SSi. The van der Waals surface area contributed by atoms with E-state index < -0.39 is 19.3 Å². The summed E-state index contributed by atoms with van der Waals surface area (Å²) in [6.07, 6.45) is 2.53. The molecule has 0 bridgehead atoms. The molecule has 1 aromatic rings. The molecule has 0 spiro atoms. The molecule has 0 aromatic carbocycles. The third kappa shape index (κ3) is 6.39. The zero-order chi connectivity index (χ0) is 18.6. The first-order valence-corrected chi connectivity index (χ1v) is 12.6. The second kappa shape index (κ2) is 8.21. The summed E-state index contributed by atoms with van der Waals surface area (Å²) in [6, 6.07) is 5.76. The number of nitrogens with one attached hydrogen (secondary N) is 1. The van der Waals surface area contributed by atoms with Gasteiger partial charge in [-0.3, -0.25) is 4.98 Å². The Hall–Kier alpha value is -0.563. The Morgan fingerprint density at radius 1 is 1.21 bits per heavy atom. The van der Waals surface area contributed by atoms with Crippen molar-refractivity contribution in [3.63, 3.8) is 0 Å². The predicted octanol–water partition coefficient (Wildman–Crippen LogP) is 4.59. The van der Waals surface area contributed by atoms with Gasteiger partial charge in [-0.2, -0.15) is 0 Å². The summed E-state index contributed by atoms with van der Waals surface area (Å²) in [7, 11) is -2.92. The van der Waals surface area contributed by atoms with Gasteiger partial charge in [-0.1, -0.05) is 26.8 Å². The van der Waals surface area contributed by atoms with Gasteiger partial charge in [0.25, 0.3) is 0 Å². The fraction of sp³-hybridized carbons (Fsp3) is 0.722. The first-order valence-electron chi connectivity index (χ1n) is 8.57. The number of hydrogen-bond acceptors (Lipinski definition) is 3. The molecule has 0 aliphatic carbocycles. The first kappa shape index (κ1) is 21.5. The second-order valence-electron chi connectivity index (χ2n) is 8.70. The molecule has 24 heavy (non-hydrogen) atoms. The molecule has 0 saturated heterocycles. The van der Waals surface area contributed by atoms with Crippen LogP contribution in [0.2, 0.25) is 18.1 Å². The quantitative estimate of drug-likeness (QED) is 0.714. The van der Waals surface area contributed by atoms with E-state index >= 15 is 0 Å². The molecule has 1 rings (SSSR count). The van der Waals surface area contributed by atoms with E-state index in [9.17, 15) is 4.21 Å². The third-order valence-corrected chi connectivity index (χ3v) is 10.7. The highest BCUT2D eigenvalue weighted by molar-refractivity contribution is 7.84. The zero-order valence-electron chi connectivity index (χ0n) is 16.5. The van der Waals surface area contributed by atoms with Crippen LogP contribution < -0.4 is 4.72 Å². The van der Waals surface area contributed by atoms with Crippen LogP contribution in [0.5, 0.6) is 0 Å². The number of aromatic nitrogens is 1. The van der Waals surface area contributed by atoms with Gasteiger partial charge >= 0.3 is 0 Å². The van der Waals surface area contributed by atoms with Crippen LogP contribution in [-0.4, -0.2) is 28.9 Å². The second-order valence-corrected chi connectivity index (χ2v) is 15.5. The minimum absolute atomic E-state index is 0.0731. The van der Waals surface area contributed by atoms with Crippen LogP contribution in [0.25, 0.3) is 0 Å². The van der Waals surface area contributed by atoms with Crippen molar-refractivity contribution in [2.75, 3.05) is 6.61 Å². The largest absolute Gasteiger partial charge is 0.417 e. The molecule has 0 aliphatic heterocycles. The van der Waals surface area contributed by atoms with E-state index in [0.717, 1.165) is 12.1 Å². The van der Waals surface area contributed by atoms with Gasteiger partial charge in [-0.15, -0.1) is 0 Å². The summed E-state index contributed by atoms with van der Waals surface area (Å²) in [4.78, 5) is 4.44. The molecule has 0 saturated carbocycles. The molecule has 1 unspecified atom stereocenters. The molecule has 0 aliphatic rings. The van der Waals surface area contributed by atoms with Crippen LogP contribution >= 0.6 is 0 Å². The molecule has 138 valence electrons. The highest BCUT2D eigenvalue weighted by atomic mass is 32.2.